The number of likely N-dealkylation sites (N-methyl/N-ethyl adjacent to an activating group) is 1. The largest absolute Gasteiger partial charge is 0.398 e. The molecular weight excluding hydrogens is 172 g/mol. The minimum Gasteiger partial charge on any atom is -0.398 e. The molecule has 0 spiro atoms. The number of anilines is 1. The first kappa shape index (κ1) is 11.1. The molecule has 0 saturated heterocycles. The Morgan fingerprint density at radius 1 is 1.21 bits per heavy atom. The van der Waals surface area contributed by atoms with Crippen molar-refractivity contribution in [1.82, 2.24) is 4.90 Å². The van der Waals surface area contributed by atoms with Crippen LogP contribution in [0.25, 0.3) is 0 Å². The minimum atomic E-state index is 0.916. The van der Waals surface area contributed by atoms with E-state index in [0.717, 1.165) is 18.7 Å². The van der Waals surface area contributed by atoms with Gasteiger partial charge in [0.1, 0.15) is 0 Å². The third kappa shape index (κ3) is 2.74. The highest BCUT2D eigenvalue weighted by Crippen LogP contribution is 2.19. The first-order valence-electron chi connectivity index (χ1n) is 5.01. The number of nitrogen functional groups attached to an aromatic ring is 1. The fourth-order valence-corrected chi connectivity index (χ4v) is 1.57. The van der Waals surface area contributed by atoms with Crippen LogP contribution in [-0.4, -0.2) is 25.5 Å². The monoisotopic (exact) mass is 192 g/mol. The SMILES string of the molecule is Cc1cc(N)c(C)c(CCN(C)C)c1. The molecule has 0 aliphatic heterocycles. The second kappa shape index (κ2) is 4.47. The smallest absolute Gasteiger partial charge is 0.0349 e. The molecular formula is C12H20N2. The molecule has 1 aromatic carbocycles. The minimum absolute atomic E-state index is 0.916. The number of benzene rings is 1. The van der Waals surface area contributed by atoms with E-state index in [1.54, 1.807) is 0 Å². The Morgan fingerprint density at radius 2 is 1.86 bits per heavy atom. The van der Waals surface area contributed by atoms with Crippen LogP contribution in [-0.2, 0) is 6.42 Å². The van der Waals surface area contributed by atoms with E-state index in [4.69, 9.17) is 5.73 Å². The molecule has 78 valence electrons. The molecule has 0 heterocycles. The molecule has 14 heavy (non-hydrogen) atoms. The Morgan fingerprint density at radius 3 is 2.43 bits per heavy atom. The Bertz CT molecular complexity index is 316. The normalized spacial score (nSPS) is 10.9. The lowest BCUT2D eigenvalue weighted by Crippen LogP contribution is -2.15. The fourth-order valence-electron chi connectivity index (χ4n) is 1.57. The highest BCUT2D eigenvalue weighted by atomic mass is 15.0. The zero-order valence-electron chi connectivity index (χ0n) is 9.59. The predicted molar refractivity (Wildman–Crippen MR) is 62.6 cm³/mol. The fraction of sp³-hybridized carbons (Fsp3) is 0.500. The maximum atomic E-state index is 5.91. The third-order valence-electron chi connectivity index (χ3n) is 2.53. The lowest BCUT2D eigenvalue weighted by molar-refractivity contribution is 0.413. The average Bonchev–Trinajstić information content (AvgIpc) is 2.08. The van der Waals surface area contributed by atoms with Gasteiger partial charge in [-0.3, -0.25) is 0 Å². The summed E-state index contributed by atoms with van der Waals surface area (Å²) in [5.41, 5.74) is 10.7. The van der Waals surface area contributed by atoms with Crippen LogP contribution in [0.2, 0.25) is 0 Å². The summed E-state index contributed by atoms with van der Waals surface area (Å²) >= 11 is 0. The van der Waals surface area contributed by atoms with Crippen LogP contribution >= 0.6 is 0 Å². The van der Waals surface area contributed by atoms with Gasteiger partial charge in [0.15, 0.2) is 0 Å². The molecule has 0 aliphatic carbocycles. The van der Waals surface area contributed by atoms with Gasteiger partial charge in [0.25, 0.3) is 0 Å². The van der Waals surface area contributed by atoms with Gasteiger partial charge < -0.3 is 10.6 Å². The Hall–Kier alpha value is -1.02. The molecule has 1 aromatic rings. The third-order valence-corrected chi connectivity index (χ3v) is 2.53. The van der Waals surface area contributed by atoms with Gasteiger partial charge in [-0.15, -0.1) is 0 Å². The predicted octanol–water partition coefficient (Wildman–Crippen LogP) is 1.99. The first-order chi connectivity index (χ1) is 6.50. The summed E-state index contributed by atoms with van der Waals surface area (Å²) in [5.74, 6) is 0. The number of rotatable bonds is 3. The van der Waals surface area contributed by atoms with Crippen molar-refractivity contribution in [2.45, 2.75) is 20.3 Å². The summed E-state index contributed by atoms with van der Waals surface area (Å²) in [4.78, 5) is 2.19. The van der Waals surface area contributed by atoms with E-state index in [1.807, 2.05) is 6.07 Å². The first-order valence-corrected chi connectivity index (χ1v) is 5.01. The van der Waals surface area contributed by atoms with Gasteiger partial charge >= 0.3 is 0 Å². The number of aryl methyl sites for hydroxylation is 1. The second-order valence-electron chi connectivity index (χ2n) is 4.19. The molecule has 0 aliphatic rings. The van der Waals surface area contributed by atoms with Crippen LogP contribution in [0, 0.1) is 13.8 Å². The molecule has 0 unspecified atom stereocenters. The van der Waals surface area contributed by atoms with Crippen molar-refractivity contribution >= 4 is 5.69 Å². The molecule has 2 nitrogen and oxygen atoms in total. The van der Waals surface area contributed by atoms with E-state index in [1.165, 1.54) is 16.7 Å². The zero-order valence-corrected chi connectivity index (χ0v) is 9.59. The number of hydrogen-bond acceptors (Lipinski definition) is 2. The van der Waals surface area contributed by atoms with Crippen molar-refractivity contribution in [3.63, 3.8) is 0 Å². The van der Waals surface area contributed by atoms with Gasteiger partial charge in [0, 0.05) is 12.2 Å². The summed E-state index contributed by atoms with van der Waals surface area (Å²) in [6.07, 6.45) is 1.07. The number of nitrogens with zero attached hydrogens (tertiary/aromatic N) is 1. The Kier molecular flexibility index (Phi) is 3.53. The highest BCUT2D eigenvalue weighted by Gasteiger charge is 2.03. The van der Waals surface area contributed by atoms with E-state index in [0.29, 0.717) is 0 Å². The van der Waals surface area contributed by atoms with E-state index < -0.39 is 0 Å². The van der Waals surface area contributed by atoms with Crippen molar-refractivity contribution in [3.8, 4) is 0 Å². The van der Waals surface area contributed by atoms with Gasteiger partial charge in [0.2, 0.25) is 0 Å². The van der Waals surface area contributed by atoms with Crippen molar-refractivity contribution in [1.29, 1.82) is 0 Å². The molecule has 1 rings (SSSR count). The van der Waals surface area contributed by atoms with Crippen LogP contribution in [0.4, 0.5) is 5.69 Å². The summed E-state index contributed by atoms with van der Waals surface area (Å²) in [6, 6.07) is 4.27. The Balaban J connectivity index is 2.85. The van der Waals surface area contributed by atoms with Crippen LogP contribution in [0.3, 0.4) is 0 Å². The number of hydrogen-bond donors (Lipinski definition) is 1. The van der Waals surface area contributed by atoms with Crippen LogP contribution < -0.4 is 5.73 Å². The average molecular weight is 192 g/mol. The van der Waals surface area contributed by atoms with Gasteiger partial charge in [0.05, 0.1) is 0 Å². The molecule has 0 atom stereocenters. The molecule has 2 N–H and O–H groups in total. The summed E-state index contributed by atoms with van der Waals surface area (Å²) in [6.45, 7) is 5.26. The van der Waals surface area contributed by atoms with Crippen molar-refractivity contribution in [3.05, 3.63) is 28.8 Å². The van der Waals surface area contributed by atoms with Gasteiger partial charge in [-0.1, -0.05) is 6.07 Å². The molecule has 2 heteroatoms. The lowest BCUT2D eigenvalue weighted by atomic mass is 10.0. The van der Waals surface area contributed by atoms with Gasteiger partial charge in [-0.2, -0.15) is 0 Å². The quantitative estimate of drug-likeness (QED) is 0.742. The topological polar surface area (TPSA) is 29.3 Å². The van der Waals surface area contributed by atoms with Crippen LogP contribution in [0.15, 0.2) is 12.1 Å². The van der Waals surface area contributed by atoms with Crippen LogP contribution in [0.1, 0.15) is 16.7 Å². The van der Waals surface area contributed by atoms with Crippen molar-refractivity contribution < 1.29 is 0 Å². The summed E-state index contributed by atoms with van der Waals surface area (Å²) in [7, 11) is 4.18. The maximum absolute atomic E-state index is 5.91. The highest BCUT2D eigenvalue weighted by molar-refractivity contribution is 5.52. The van der Waals surface area contributed by atoms with E-state index in [-0.39, 0.29) is 0 Å². The molecule has 0 amide bonds. The standard InChI is InChI=1S/C12H20N2/c1-9-7-11(5-6-14(3)4)10(2)12(13)8-9/h7-8H,5-6,13H2,1-4H3. The molecule has 0 radical (unpaired) electrons. The number of nitrogens with two attached hydrogens (primary N) is 1. The molecule has 0 fully saturated rings. The van der Waals surface area contributed by atoms with Gasteiger partial charge in [-0.05, 0) is 57.1 Å². The van der Waals surface area contributed by atoms with Crippen molar-refractivity contribution in [2.24, 2.45) is 0 Å². The Labute approximate surface area is 86.7 Å². The molecule has 0 saturated carbocycles. The second-order valence-corrected chi connectivity index (χ2v) is 4.19. The summed E-state index contributed by atoms with van der Waals surface area (Å²) < 4.78 is 0. The van der Waals surface area contributed by atoms with Gasteiger partial charge in [-0.25, -0.2) is 0 Å². The van der Waals surface area contributed by atoms with Crippen LogP contribution in [0.5, 0.6) is 0 Å². The van der Waals surface area contributed by atoms with Crippen molar-refractivity contribution in [2.75, 3.05) is 26.4 Å². The van der Waals surface area contributed by atoms with E-state index >= 15 is 0 Å². The van der Waals surface area contributed by atoms with E-state index in [9.17, 15) is 0 Å². The zero-order chi connectivity index (χ0) is 10.7. The maximum Gasteiger partial charge on any atom is 0.0349 e. The molecule has 0 bridgehead atoms. The summed E-state index contributed by atoms with van der Waals surface area (Å²) in [5, 5.41) is 0. The lowest BCUT2D eigenvalue weighted by Gasteiger charge is -2.13. The molecule has 0 aromatic heterocycles. The van der Waals surface area contributed by atoms with E-state index in [2.05, 4.69) is 38.9 Å².